The fraction of sp³-hybridized carbons (Fsp3) is 0.583. The summed E-state index contributed by atoms with van der Waals surface area (Å²) in [6.45, 7) is 5.49. The second-order valence-electron chi connectivity index (χ2n) is 4.50. The normalized spacial score (nSPS) is 12.3. The maximum atomic E-state index is 12.1. The number of nitrogens with one attached hydrogen (secondary N) is 1. The molecule has 0 bridgehead atoms. The monoisotopic (exact) mass is 253 g/mol. The zero-order valence-corrected chi connectivity index (χ0v) is 11.1. The van der Waals surface area contributed by atoms with Gasteiger partial charge in [0, 0.05) is 13.6 Å². The van der Waals surface area contributed by atoms with E-state index < -0.39 is 11.7 Å². The van der Waals surface area contributed by atoms with Crippen molar-refractivity contribution >= 4 is 5.91 Å². The summed E-state index contributed by atoms with van der Waals surface area (Å²) in [5.74, 6) is -0.347. The zero-order valence-electron chi connectivity index (χ0n) is 11.1. The molecule has 0 aliphatic carbocycles. The highest BCUT2D eigenvalue weighted by Gasteiger charge is 2.19. The lowest BCUT2D eigenvalue weighted by atomic mass is 10.1. The van der Waals surface area contributed by atoms with Gasteiger partial charge in [-0.2, -0.15) is 5.10 Å². The molecule has 0 saturated carbocycles. The average Bonchev–Trinajstić information content (AvgIpc) is 2.31. The Morgan fingerprint density at radius 3 is 2.67 bits per heavy atom. The Bertz CT molecular complexity index is 494. The summed E-state index contributed by atoms with van der Waals surface area (Å²) in [4.78, 5) is 25.2. The van der Waals surface area contributed by atoms with Crippen molar-refractivity contribution in [3.05, 3.63) is 27.2 Å². The van der Waals surface area contributed by atoms with Crippen molar-refractivity contribution in [1.29, 1.82) is 0 Å². The number of carbonyl (C=O) groups excluding carboxylic acids is 1. The van der Waals surface area contributed by atoms with Gasteiger partial charge in [0.15, 0.2) is 0 Å². The van der Waals surface area contributed by atoms with Crippen molar-refractivity contribution in [3.63, 3.8) is 0 Å². The van der Waals surface area contributed by atoms with Gasteiger partial charge in [0.2, 0.25) is 0 Å². The number of H-pyrrole nitrogens is 1. The maximum Gasteiger partial charge on any atom is 0.277 e. The van der Waals surface area contributed by atoms with E-state index in [9.17, 15) is 14.7 Å². The highest BCUT2D eigenvalue weighted by molar-refractivity contribution is 5.95. The lowest BCUT2D eigenvalue weighted by Crippen LogP contribution is -2.35. The molecule has 1 heterocycles. The Hall–Kier alpha value is -1.69. The smallest absolute Gasteiger partial charge is 0.277 e. The Balaban J connectivity index is 2.97. The van der Waals surface area contributed by atoms with Crippen LogP contribution in [0.25, 0.3) is 0 Å². The molecule has 0 aliphatic heterocycles. The van der Waals surface area contributed by atoms with Gasteiger partial charge in [-0.3, -0.25) is 9.59 Å². The SMILES string of the molecule is Cc1n[nH]c(=O)c(C(=O)N(C)CCC(C)O)c1C. The Morgan fingerprint density at radius 1 is 1.50 bits per heavy atom. The summed E-state index contributed by atoms with van der Waals surface area (Å²) in [6.07, 6.45) is 0.00213. The lowest BCUT2D eigenvalue weighted by Gasteiger charge is -2.18. The molecule has 2 N–H and O–H groups in total. The minimum absolute atomic E-state index is 0.121. The van der Waals surface area contributed by atoms with E-state index in [-0.39, 0.29) is 11.5 Å². The van der Waals surface area contributed by atoms with E-state index in [1.54, 1.807) is 27.8 Å². The van der Waals surface area contributed by atoms with Crippen molar-refractivity contribution < 1.29 is 9.90 Å². The highest BCUT2D eigenvalue weighted by Crippen LogP contribution is 2.08. The fourth-order valence-electron chi connectivity index (χ4n) is 1.56. The molecule has 1 unspecified atom stereocenters. The van der Waals surface area contributed by atoms with Crippen LogP contribution in [0.15, 0.2) is 4.79 Å². The lowest BCUT2D eigenvalue weighted by molar-refractivity contribution is 0.0766. The van der Waals surface area contributed by atoms with E-state index in [0.29, 0.717) is 24.2 Å². The first-order valence-electron chi connectivity index (χ1n) is 5.84. The average molecular weight is 253 g/mol. The molecule has 1 atom stereocenters. The van der Waals surface area contributed by atoms with Crippen LogP contribution < -0.4 is 5.56 Å². The van der Waals surface area contributed by atoms with Crippen molar-refractivity contribution in [3.8, 4) is 0 Å². The number of nitrogens with zero attached hydrogens (tertiary/aromatic N) is 2. The Labute approximate surface area is 106 Å². The Morgan fingerprint density at radius 2 is 2.11 bits per heavy atom. The van der Waals surface area contributed by atoms with Gasteiger partial charge >= 0.3 is 0 Å². The molecule has 100 valence electrons. The van der Waals surface area contributed by atoms with Gasteiger partial charge in [-0.05, 0) is 32.8 Å². The molecule has 1 amide bonds. The van der Waals surface area contributed by atoms with Crippen LogP contribution in [-0.2, 0) is 0 Å². The second-order valence-corrected chi connectivity index (χ2v) is 4.50. The van der Waals surface area contributed by atoms with Crippen LogP contribution in [0.1, 0.15) is 35.0 Å². The predicted octanol–water partition coefficient (Wildman–Crippen LogP) is 0.230. The quantitative estimate of drug-likeness (QED) is 0.804. The summed E-state index contributed by atoms with van der Waals surface area (Å²) in [6, 6.07) is 0. The first kappa shape index (κ1) is 14.4. The molecule has 0 spiro atoms. The van der Waals surface area contributed by atoms with Crippen molar-refractivity contribution in [2.24, 2.45) is 0 Å². The third kappa shape index (κ3) is 3.16. The number of hydrogen-bond donors (Lipinski definition) is 2. The minimum atomic E-state index is -0.480. The number of aliphatic hydroxyl groups excluding tert-OH is 1. The largest absolute Gasteiger partial charge is 0.393 e. The van der Waals surface area contributed by atoms with Crippen LogP contribution in [0, 0.1) is 13.8 Å². The molecule has 0 saturated heterocycles. The maximum absolute atomic E-state index is 12.1. The van der Waals surface area contributed by atoms with Gasteiger partial charge in [0.25, 0.3) is 11.5 Å². The first-order chi connectivity index (χ1) is 8.34. The van der Waals surface area contributed by atoms with E-state index in [4.69, 9.17) is 0 Å². The topological polar surface area (TPSA) is 86.3 Å². The van der Waals surface area contributed by atoms with Crippen LogP contribution >= 0.6 is 0 Å². The highest BCUT2D eigenvalue weighted by atomic mass is 16.3. The minimum Gasteiger partial charge on any atom is -0.393 e. The predicted molar refractivity (Wildman–Crippen MR) is 67.6 cm³/mol. The van der Waals surface area contributed by atoms with Crippen LogP contribution in [0.5, 0.6) is 0 Å². The number of amides is 1. The van der Waals surface area contributed by atoms with Crippen LogP contribution in [0.2, 0.25) is 0 Å². The molecule has 0 aliphatic rings. The van der Waals surface area contributed by atoms with Gasteiger partial charge in [-0.1, -0.05) is 0 Å². The zero-order chi connectivity index (χ0) is 13.9. The molecule has 1 rings (SSSR count). The number of aromatic nitrogens is 2. The van der Waals surface area contributed by atoms with E-state index in [2.05, 4.69) is 10.2 Å². The van der Waals surface area contributed by atoms with Crippen LogP contribution in [0.3, 0.4) is 0 Å². The molecule has 0 radical (unpaired) electrons. The number of aromatic amines is 1. The van der Waals surface area contributed by atoms with Crippen LogP contribution in [0.4, 0.5) is 0 Å². The van der Waals surface area contributed by atoms with E-state index >= 15 is 0 Å². The number of hydrogen-bond acceptors (Lipinski definition) is 4. The number of aliphatic hydroxyl groups is 1. The van der Waals surface area contributed by atoms with Crippen molar-refractivity contribution in [2.45, 2.75) is 33.3 Å². The van der Waals surface area contributed by atoms with E-state index in [1.807, 2.05) is 0 Å². The summed E-state index contributed by atoms with van der Waals surface area (Å²) < 4.78 is 0. The third-order valence-corrected chi connectivity index (χ3v) is 2.91. The molecule has 6 nitrogen and oxygen atoms in total. The summed E-state index contributed by atoms with van der Waals surface area (Å²) in [5, 5.41) is 15.3. The fourth-order valence-corrected chi connectivity index (χ4v) is 1.56. The van der Waals surface area contributed by atoms with Crippen molar-refractivity contribution in [2.75, 3.05) is 13.6 Å². The summed E-state index contributed by atoms with van der Waals surface area (Å²) >= 11 is 0. The van der Waals surface area contributed by atoms with E-state index in [1.165, 1.54) is 4.90 Å². The summed E-state index contributed by atoms with van der Waals surface area (Å²) in [5.41, 5.74) is 0.858. The molecule has 1 aromatic heterocycles. The van der Waals surface area contributed by atoms with Gasteiger partial charge < -0.3 is 10.0 Å². The third-order valence-electron chi connectivity index (χ3n) is 2.91. The molecule has 0 fully saturated rings. The molecule has 6 heteroatoms. The molecular formula is C12H19N3O3. The number of aryl methyl sites for hydroxylation is 1. The van der Waals surface area contributed by atoms with Crippen molar-refractivity contribution in [1.82, 2.24) is 15.1 Å². The Kier molecular flexibility index (Phi) is 4.61. The summed E-state index contributed by atoms with van der Waals surface area (Å²) in [7, 11) is 1.61. The number of carbonyl (C=O) groups is 1. The molecule has 1 aromatic rings. The van der Waals surface area contributed by atoms with Gasteiger partial charge in [-0.25, -0.2) is 5.10 Å². The molecular weight excluding hydrogens is 234 g/mol. The van der Waals surface area contributed by atoms with Gasteiger partial charge in [0.05, 0.1) is 11.8 Å². The number of rotatable bonds is 4. The molecule has 18 heavy (non-hydrogen) atoms. The molecule has 0 aromatic carbocycles. The van der Waals surface area contributed by atoms with E-state index in [0.717, 1.165) is 0 Å². The van der Waals surface area contributed by atoms with Gasteiger partial charge in [-0.15, -0.1) is 0 Å². The first-order valence-corrected chi connectivity index (χ1v) is 5.84. The van der Waals surface area contributed by atoms with Crippen LogP contribution in [-0.4, -0.2) is 45.8 Å². The standard InChI is InChI=1S/C12H19N3O3/c1-7(16)5-6-15(4)12(18)10-8(2)9(3)13-14-11(10)17/h7,16H,5-6H2,1-4H3,(H,14,17). The second kappa shape index (κ2) is 5.77. The van der Waals surface area contributed by atoms with Gasteiger partial charge in [0.1, 0.15) is 5.56 Å².